The number of fused-ring (bicyclic) bond motifs is 2. The Morgan fingerprint density at radius 2 is 2.17 bits per heavy atom. The number of nitrogens with one attached hydrogen (secondary N) is 2. The lowest BCUT2D eigenvalue weighted by atomic mass is 9.95. The number of ether oxygens (including phenoxy) is 3. The molecule has 4 rings (SSSR count). The largest absolute Gasteiger partial charge is 0.467 e. The zero-order valence-electron chi connectivity index (χ0n) is 17.3. The smallest absolute Gasteiger partial charge is 0.328 e. The number of carbonyl (C=O) groups excluding carboxylic acids is 2. The summed E-state index contributed by atoms with van der Waals surface area (Å²) in [6, 6.07) is 4.17. The van der Waals surface area contributed by atoms with Crippen molar-refractivity contribution in [2.45, 2.75) is 38.8 Å². The monoisotopic (exact) mass is 414 g/mol. The number of aromatic amines is 1. The highest BCUT2D eigenvalue weighted by Crippen LogP contribution is 2.39. The van der Waals surface area contributed by atoms with E-state index in [1.54, 1.807) is 11.2 Å². The lowest BCUT2D eigenvalue weighted by molar-refractivity contribution is -0.144. The molecule has 9 nitrogen and oxygen atoms in total. The number of benzene rings is 1. The van der Waals surface area contributed by atoms with Crippen molar-refractivity contribution in [3.8, 4) is 11.5 Å². The third-order valence-corrected chi connectivity index (χ3v) is 5.85. The van der Waals surface area contributed by atoms with Crippen LogP contribution in [0, 0.1) is 5.92 Å². The molecule has 2 amide bonds. The molecule has 3 unspecified atom stereocenters. The van der Waals surface area contributed by atoms with E-state index in [4.69, 9.17) is 14.2 Å². The topological polar surface area (TPSA) is 106 Å². The van der Waals surface area contributed by atoms with E-state index >= 15 is 0 Å². The van der Waals surface area contributed by atoms with Gasteiger partial charge >= 0.3 is 12.0 Å². The third kappa shape index (κ3) is 3.55. The molecule has 1 aromatic carbocycles. The van der Waals surface area contributed by atoms with Gasteiger partial charge in [-0.2, -0.15) is 0 Å². The maximum atomic E-state index is 13.3. The zero-order valence-corrected chi connectivity index (χ0v) is 17.3. The number of nitrogens with zero attached hydrogens (tertiary/aromatic N) is 2. The van der Waals surface area contributed by atoms with Crippen LogP contribution < -0.4 is 14.8 Å². The first-order valence-electron chi connectivity index (χ1n) is 10.1. The van der Waals surface area contributed by atoms with Gasteiger partial charge in [0.2, 0.25) is 6.79 Å². The number of aromatic nitrogens is 2. The van der Waals surface area contributed by atoms with Crippen LogP contribution in [0.2, 0.25) is 0 Å². The van der Waals surface area contributed by atoms with Gasteiger partial charge in [-0.1, -0.05) is 26.3 Å². The van der Waals surface area contributed by atoms with Crippen molar-refractivity contribution in [1.82, 2.24) is 20.2 Å². The summed E-state index contributed by atoms with van der Waals surface area (Å²) in [5.74, 6) is 0.809. The van der Waals surface area contributed by atoms with Crippen LogP contribution in [0.15, 0.2) is 24.5 Å². The molecule has 0 saturated carbocycles. The summed E-state index contributed by atoms with van der Waals surface area (Å²) >= 11 is 0. The van der Waals surface area contributed by atoms with Crippen molar-refractivity contribution in [3.05, 3.63) is 41.5 Å². The van der Waals surface area contributed by atoms with Gasteiger partial charge in [-0.25, -0.2) is 14.6 Å². The van der Waals surface area contributed by atoms with Crippen molar-refractivity contribution in [3.63, 3.8) is 0 Å². The number of hydrogen-bond donors (Lipinski definition) is 2. The average Bonchev–Trinajstić information content (AvgIpc) is 3.44. The van der Waals surface area contributed by atoms with Gasteiger partial charge in [0.1, 0.15) is 12.1 Å². The number of esters is 1. The second-order valence-corrected chi connectivity index (χ2v) is 7.56. The van der Waals surface area contributed by atoms with E-state index in [0.29, 0.717) is 24.5 Å². The van der Waals surface area contributed by atoms with Gasteiger partial charge in [-0.3, -0.25) is 0 Å². The minimum Gasteiger partial charge on any atom is -0.467 e. The van der Waals surface area contributed by atoms with Crippen LogP contribution in [-0.4, -0.2) is 53.4 Å². The van der Waals surface area contributed by atoms with E-state index < -0.39 is 18.1 Å². The number of H-pyrrole nitrogens is 1. The summed E-state index contributed by atoms with van der Waals surface area (Å²) in [5, 5.41) is 2.88. The van der Waals surface area contributed by atoms with E-state index in [9.17, 15) is 9.59 Å². The van der Waals surface area contributed by atoms with Crippen molar-refractivity contribution < 1.29 is 23.8 Å². The number of imidazole rings is 1. The zero-order chi connectivity index (χ0) is 21.3. The average molecular weight is 414 g/mol. The number of urea groups is 1. The molecule has 3 atom stereocenters. The number of hydrogen-bond acceptors (Lipinski definition) is 6. The Balaban J connectivity index is 1.66. The lowest BCUT2D eigenvalue weighted by Gasteiger charge is -2.36. The summed E-state index contributed by atoms with van der Waals surface area (Å²) in [7, 11) is 1.33. The van der Waals surface area contributed by atoms with Crippen molar-refractivity contribution in [2.24, 2.45) is 5.92 Å². The molecule has 0 fully saturated rings. The van der Waals surface area contributed by atoms with Crippen molar-refractivity contribution in [2.75, 3.05) is 20.4 Å². The number of rotatable bonds is 5. The van der Waals surface area contributed by atoms with Gasteiger partial charge in [-0.15, -0.1) is 0 Å². The second-order valence-electron chi connectivity index (χ2n) is 7.56. The Labute approximate surface area is 174 Å². The van der Waals surface area contributed by atoms with Gasteiger partial charge in [0.15, 0.2) is 11.5 Å². The Bertz CT molecular complexity index is 943. The quantitative estimate of drug-likeness (QED) is 0.728. The highest BCUT2D eigenvalue weighted by molar-refractivity contribution is 5.84. The van der Waals surface area contributed by atoms with Gasteiger partial charge < -0.3 is 29.4 Å². The normalized spacial score (nSPS) is 19.0. The SMILES string of the molecule is CCC(C)C(NC(=O)N1CCc2[nH]cnc2C1c1ccc2c(c1)OCO2)C(=O)OC. The van der Waals surface area contributed by atoms with Crippen LogP contribution in [0.1, 0.15) is 43.3 Å². The van der Waals surface area contributed by atoms with Gasteiger partial charge in [-0.05, 0) is 23.6 Å². The highest BCUT2D eigenvalue weighted by Gasteiger charge is 2.37. The van der Waals surface area contributed by atoms with Gasteiger partial charge in [0, 0.05) is 18.7 Å². The third-order valence-electron chi connectivity index (χ3n) is 5.85. The fourth-order valence-electron chi connectivity index (χ4n) is 3.93. The minimum atomic E-state index is -0.717. The van der Waals surface area contributed by atoms with Crippen LogP contribution in [-0.2, 0) is 16.0 Å². The first-order valence-corrected chi connectivity index (χ1v) is 10.1. The van der Waals surface area contributed by atoms with E-state index in [1.807, 2.05) is 32.0 Å². The molecule has 3 heterocycles. The molecule has 160 valence electrons. The molecule has 0 bridgehead atoms. The van der Waals surface area contributed by atoms with Crippen LogP contribution in [0.3, 0.4) is 0 Å². The van der Waals surface area contributed by atoms with Gasteiger partial charge in [0.05, 0.1) is 19.1 Å². The van der Waals surface area contributed by atoms with Crippen LogP contribution in [0.4, 0.5) is 4.79 Å². The molecular weight excluding hydrogens is 388 g/mol. The van der Waals surface area contributed by atoms with E-state index in [-0.39, 0.29) is 18.7 Å². The van der Waals surface area contributed by atoms with Gasteiger partial charge in [0.25, 0.3) is 0 Å². The van der Waals surface area contributed by atoms with Crippen LogP contribution >= 0.6 is 0 Å². The summed E-state index contributed by atoms with van der Waals surface area (Å²) in [5.41, 5.74) is 2.64. The fraction of sp³-hybridized carbons (Fsp3) is 0.476. The molecule has 0 saturated heterocycles. The predicted molar refractivity (Wildman–Crippen MR) is 107 cm³/mol. The molecule has 2 N–H and O–H groups in total. The lowest BCUT2D eigenvalue weighted by Crippen LogP contribution is -2.53. The molecule has 30 heavy (non-hydrogen) atoms. The molecule has 2 aliphatic heterocycles. The number of amides is 2. The minimum absolute atomic E-state index is 0.0591. The summed E-state index contributed by atoms with van der Waals surface area (Å²) in [4.78, 5) is 34.9. The predicted octanol–water partition coefficient (Wildman–Crippen LogP) is 2.38. The first kappa shape index (κ1) is 20.1. The maximum Gasteiger partial charge on any atom is 0.328 e. The summed E-state index contributed by atoms with van der Waals surface area (Å²) in [6.07, 6.45) is 3.02. The van der Waals surface area contributed by atoms with Crippen molar-refractivity contribution >= 4 is 12.0 Å². The number of methoxy groups -OCH3 is 1. The fourth-order valence-corrected chi connectivity index (χ4v) is 3.93. The Morgan fingerprint density at radius 3 is 2.93 bits per heavy atom. The van der Waals surface area contributed by atoms with E-state index in [2.05, 4.69) is 15.3 Å². The van der Waals surface area contributed by atoms with Crippen LogP contribution in [0.5, 0.6) is 11.5 Å². The molecule has 1 aromatic heterocycles. The Morgan fingerprint density at radius 1 is 1.37 bits per heavy atom. The molecule has 2 aliphatic rings. The standard InChI is InChI=1S/C21H26N4O5/c1-4-12(2)17(20(26)28-3)24-21(27)25-8-7-14-18(23-10-22-14)19(25)13-5-6-15-16(9-13)30-11-29-15/h5-6,9-10,12,17,19H,4,7-8,11H2,1-3H3,(H,22,23)(H,24,27). The Hall–Kier alpha value is -3.23. The maximum absolute atomic E-state index is 13.3. The van der Waals surface area contributed by atoms with E-state index in [1.165, 1.54) is 7.11 Å². The highest BCUT2D eigenvalue weighted by atomic mass is 16.7. The van der Waals surface area contributed by atoms with E-state index in [0.717, 1.165) is 23.4 Å². The molecule has 2 aromatic rings. The summed E-state index contributed by atoms with van der Waals surface area (Å²) < 4.78 is 15.8. The van der Waals surface area contributed by atoms with Crippen molar-refractivity contribution in [1.29, 1.82) is 0 Å². The Kier molecular flexibility index (Phi) is 5.52. The summed E-state index contributed by atoms with van der Waals surface area (Å²) in [6.45, 7) is 4.55. The second kappa shape index (κ2) is 8.25. The first-order chi connectivity index (χ1) is 14.5. The molecule has 0 spiro atoms. The number of carbonyl (C=O) groups is 2. The molecule has 0 radical (unpaired) electrons. The molecular formula is C21H26N4O5. The van der Waals surface area contributed by atoms with Crippen LogP contribution in [0.25, 0.3) is 0 Å². The molecule has 0 aliphatic carbocycles. The molecule has 9 heteroatoms.